The maximum absolute atomic E-state index is 12.0. The number of hydrogen-bond acceptors (Lipinski definition) is 4. The minimum absolute atomic E-state index is 0.0439. The van der Waals surface area contributed by atoms with Crippen LogP contribution >= 0.6 is 0 Å². The molecule has 1 saturated heterocycles. The maximum atomic E-state index is 12.0. The van der Waals surface area contributed by atoms with E-state index in [1.165, 1.54) is 6.42 Å². The summed E-state index contributed by atoms with van der Waals surface area (Å²) < 4.78 is 5.12. The molecule has 0 aromatic carbocycles. The van der Waals surface area contributed by atoms with Crippen molar-refractivity contribution in [2.75, 3.05) is 39.5 Å². The van der Waals surface area contributed by atoms with Gasteiger partial charge in [-0.25, -0.2) is 0 Å². The largest absolute Gasteiger partial charge is 0.394 e. The van der Waals surface area contributed by atoms with Crippen LogP contribution in [0.3, 0.4) is 0 Å². The third-order valence-electron chi connectivity index (χ3n) is 2.97. The molecule has 1 fully saturated rings. The molecule has 1 atom stereocenters. The summed E-state index contributed by atoms with van der Waals surface area (Å²) in [5, 5.41) is 11.7. The van der Waals surface area contributed by atoms with Crippen LogP contribution in [0.1, 0.15) is 26.2 Å². The van der Waals surface area contributed by atoms with E-state index in [1.807, 2.05) is 11.8 Å². The van der Waals surface area contributed by atoms with Crippen LogP contribution in [-0.2, 0) is 9.53 Å². The third-order valence-corrected chi connectivity index (χ3v) is 2.97. The van der Waals surface area contributed by atoms with Gasteiger partial charge in [0.05, 0.1) is 25.9 Å². The van der Waals surface area contributed by atoms with E-state index in [0.717, 1.165) is 25.9 Å². The molecule has 0 radical (unpaired) electrons. The van der Waals surface area contributed by atoms with E-state index in [-0.39, 0.29) is 18.6 Å². The molecule has 1 heterocycles. The summed E-state index contributed by atoms with van der Waals surface area (Å²) in [6.07, 6.45) is 3.48. The summed E-state index contributed by atoms with van der Waals surface area (Å²) in [5.74, 6) is 0.187. The molecule has 17 heavy (non-hydrogen) atoms. The van der Waals surface area contributed by atoms with Crippen molar-refractivity contribution in [1.29, 1.82) is 0 Å². The second-order valence-electron chi connectivity index (χ2n) is 4.40. The van der Waals surface area contributed by atoms with E-state index in [0.29, 0.717) is 19.8 Å². The molecule has 2 N–H and O–H groups in total. The molecule has 0 saturated carbocycles. The Hall–Kier alpha value is -0.650. The topological polar surface area (TPSA) is 61.8 Å². The van der Waals surface area contributed by atoms with E-state index in [4.69, 9.17) is 9.84 Å². The fourth-order valence-corrected chi connectivity index (χ4v) is 1.99. The van der Waals surface area contributed by atoms with Crippen LogP contribution in [0.15, 0.2) is 0 Å². The normalized spacial score (nSPS) is 18.1. The van der Waals surface area contributed by atoms with Gasteiger partial charge in [0.1, 0.15) is 0 Å². The summed E-state index contributed by atoms with van der Waals surface area (Å²) in [6.45, 7) is 5.25. The maximum Gasteiger partial charge on any atom is 0.239 e. The number of rotatable bonds is 7. The lowest BCUT2D eigenvalue weighted by atomic mass is 10.1. The van der Waals surface area contributed by atoms with Crippen LogP contribution in [-0.4, -0.2) is 61.4 Å². The van der Waals surface area contributed by atoms with E-state index >= 15 is 0 Å². The second kappa shape index (κ2) is 8.44. The van der Waals surface area contributed by atoms with Crippen LogP contribution < -0.4 is 5.32 Å². The molecule has 5 heteroatoms. The fraction of sp³-hybridized carbons (Fsp3) is 0.917. The van der Waals surface area contributed by atoms with Crippen molar-refractivity contribution in [3.8, 4) is 0 Å². The van der Waals surface area contributed by atoms with Crippen LogP contribution in [0, 0.1) is 0 Å². The van der Waals surface area contributed by atoms with E-state index in [9.17, 15) is 4.79 Å². The smallest absolute Gasteiger partial charge is 0.239 e. The van der Waals surface area contributed by atoms with Gasteiger partial charge in [-0.05, 0) is 26.2 Å². The number of hydrogen-bond donors (Lipinski definition) is 2. The van der Waals surface area contributed by atoms with Gasteiger partial charge in [0.2, 0.25) is 5.91 Å². The number of piperidine rings is 1. The van der Waals surface area contributed by atoms with Crippen molar-refractivity contribution in [3.63, 3.8) is 0 Å². The molecule has 1 amide bonds. The summed E-state index contributed by atoms with van der Waals surface area (Å²) >= 11 is 0. The lowest BCUT2D eigenvalue weighted by molar-refractivity contribution is -0.134. The number of nitrogens with zero attached hydrogens (tertiary/aromatic N) is 1. The van der Waals surface area contributed by atoms with E-state index in [1.54, 1.807) is 0 Å². The molecule has 0 aliphatic carbocycles. The van der Waals surface area contributed by atoms with E-state index in [2.05, 4.69) is 5.32 Å². The van der Waals surface area contributed by atoms with Crippen LogP contribution in [0.25, 0.3) is 0 Å². The molecule has 0 bridgehead atoms. The zero-order chi connectivity index (χ0) is 12.5. The summed E-state index contributed by atoms with van der Waals surface area (Å²) in [7, 11) is 0. The highest BCUT2D eigenvalue weighted by Crippen LogP contribution is 2.09. The van der Waals surface area contributed by atoms with Gasteiger partial charge >= 0.3 is 0 Å². The molecule has 1 unspecified atom stereocenters. The average molecular weight is 244 g/mol. The van der Waals surface area contributed by atoms with Gasteiger partial charge < -0.3 is 20.1 Å². The van der Waals surface area contributed by atoms with Crippen molar-refractivity contribution in [1.82, 2.24) is 10.2 Å². The van der Waals surface area contributed by atoms with Gasteiger partial charge in [-0.1, -0.05) is 0 Å². The first kappa shape index (κ1) is 14.4. The minimum Gasteiger partial charge on any atom is -0.394 e. The lowest BCUT2D eigenvalue weighted by Gasteiger charge is -2.29. The lowest BCUT2D eigenvalue weighted by Crippen LogP contribution is -2.47. The van der Waals surface area contributed by atoms with Gasteiger partial charge in [0.25, 0.3) is 0 Å². The van der Waals surface area contributed by atoms with Crippen molar-refractivity contribution in [3.05, 3.63) is 0 Å². The second-order valence-corrected chi connectivity index (χ2v) is 4.40. The highest BCUT2D eigenvalue weighted by molar-refractivity contribution is 5.81. The Morgan fingerprint density at radius 2 is 2.06 bits per heavy atom. The first-order valence-corrected chi connectivity index (χ1v) is 6.46. The van der Waals surface area contributed by atoms with Crippen molar-refractivity contribution in [2.24, 2.45) is 0 Å². The zero-order valence-corrected chi connectivity index (χ0v) is 10.7. The molecule has 1 aliphatic rings. The van der Waals surface area contributed by atoms with Gasteiger partial charge in [0, 0.05) is 19.6 Å². The van der Waals surface area contributed by atoms with Crippen molar-refractivity contribution >= 4 is 5.91 Å². The third kappa shape index (κ3) is 5.48. The molecule has 0 spiro atoms. The van der Waals surface area contributed by atoms with Crippen LogP contribution in [0.2, 0.25) is 0 Å². The number of ether oxygens (including phenoxy) is 1. The number of aliphatic hydroxyl groups is 1. The highest BCUT2D eigenvalue weighted by Gasteiger charge is 2.21. The summed E-state index contributed by atoms with van der Waals surface area (Å²) in [6, 6.07) is -0.147. The monoisotopic (exact) mass is 244 g/mol. The number of carbonyl (C=O) groups is 1. The minimum atomic E-state index is -0.147. The van der Waals surface area contributed by atoms with Gasteiger partial charge in [0.15, 0.2) is 0 Å². The number of amides is 1. The number of likely N-dealkylation sites (tertiary alicyclic amines) is 1. The molecule has 0 aromatic rings. The predicted octanol–water partition coefficient (Wildman–Crippen LogP) is -0.0141. The first-order valence-electron chi connectivity index (χ1n) is 6.46. The van der Waals surface area contributed by atoms with Gasteiger partial charge in [-0.15, -0.1) is 0 Å². The van der Waals surface area contributed by atoms with Crippen LogP contribution in [0.4, 0.5) is 0 Å². The molecular weight excluding hydrogens is 220 g/mol. The van der Waals surface area contributed by atoms with Gasteiger partial charge in [-0.2, -0.15) is 0 Å². The van der Waals surface area contributed by atoms with E-state index < -0.39 is 0 Å². The number of carbonyl (C=O) groups excluding carboxylic acids is 1. The summed E-state index contributed by atoms with van der Waals surface area (Å²) in [5.41, 5.74) is 0. The Morgan fingerprint density at radius 3 is 2.71 bits per heavy atom. The first-order chi connectivity index (χ1) is 8.25. The van der Waals surface area contributed by atoms with Crippen LogP contribution in [0.5, 0.6) is 0 Å². The average Bonchev–Trinajstić information content (AvgIpc) is 2.38. The zero-order valence-electron chi connectivity index (χ0n) is 10.7. The van der Waals surface area contributed by atoms with Crippen molar-refractivity contribution in [2.45, 2.75) is 32.2 Å². The Kier molecular flexibility index (Phi) is 7.16. The molecule has 1 aliphatic heterocycles. The fourth-order valence-electron chi connectivity index (χ4n) is 1.99. The SMILES string of the molecule is CC(NCCOCCO)C(=O)N1CCCCC1. The molecule has 100 valence electrons. The Balaban J connectivity index is 2.12. The van der Waals surface area contributed by atoms with Gasteiger partial charge in [-0.3, -0.25) is 4.79 Å². The predicted molar refractivity (Wildman–Crippen MR) is 65.8 cm³/mol. The quantitative estimate of drug-likeness (QED) is 0.618. The summed E-state index contributed by atoms with van der Waals surface area (Å²) in [4.78, 5) is 13.9. The standard InChI is InChI=1S/C12H24N2O3/c1-11(13-5-9-17-10-8-15)12(16)14-6-3-2-4-7-14/h11,13,15H,2-10H2,1H3. The molecular formula is C12H24N2O3. The number of aliphatic hydroxyl groups excluding tert-OH is 1. The van der Waals surface area contributed by atoms with Crippen molar-refractivity contribution < 1.29 is 14.6 Å². The highest BCUT2D eigenvalue weighted by atomic mass is 16.5. The number of nitrogens with one attached hydrogen (secondary N) is 1. The molecule has 1 rings (SSSR count). The Labute approximate surface area is 103 Å². The Morgan fingerprint density at radius 1 is 1.35 bits per heavy atom. The Bertz CT molecular complexity index is 218. The molecule has 5 nitrogen and oxygen atoms in total. The molecule has 0 aromatic heterocycles.